The van der Waals surface area contributed by atoms with Crippen LogP contribution in [0.2, 0.25) is 0 Å². The van der Waals surface area contributed by atoms with Crippen molar-refractivity contribution in [2.24, 2.45) is 0 Å². The van der Waals surface area contributed by atoms with E-state index >= 15 is 0 Å². The van der Waals surface area contributed by atoms with Crippen LogP contribution in [0.5, 0.6) is 0 Å². The van der Waals surface area contributed by atoms with E-state index in [2.05, 4.69) is 99.2 Å². The van der Waals surface area contributed by atoms with Crippen LogP contribution in [-0.2, 0) is 17.8 Å². The van der Waals surface area contributed by atoms with Gasteiger partial charge in [0.2, 0.25) is 0 Å². The maximum absolute atomic E-state index is 13.8. The van der Waals surface area contributed by atoms with Crippen molar-refractivity contribution < 1.29 is 9.53 Å². The lowest BCUT2D eigenvalue weighted by atomic mass is 9.97. The van der Waals surface area contributed by atoms with E-state index in [0.717, 1.165) is 39.7 Å². The molecule has 0 radical (unpaired) electrons. The average molecular weight is 527 g/mol. The Bertz CT molecular complexity index is 1820. The molecule has 2 aromatic heterocycles. The number of morpholine rings is 1. The number of carbonyl (C=O) groups excluding carboxylic acids is 1. The highest BCUT2D eigenvalue weighted by atomic mass is 16.5. The van der Waals surface area contributed by atoms with Crippen LogP contribution in [0, 0.1) is 0 Å². The third-order valence-electron chi connectivity index (χ3n) is 7.85. The lowest BCUT2D eigenvalue weighted by molar-refractivity contribution is 0.0303. The predicted molar refractivity (Wildman–Crippen MR) is 158 cm³/mol. The topological polar surface area (TPSA) is 52.3 Å². The van der Waals surface area contributed by atoms with Crippen LogP contribution in [0.25, 0.3) is 32.7 Å². The number of benzene rings is 4. The largest absolute Gasteiger partial charge is 0.378 e. The molecule has 3 heterocycles. The van der Waals surface area contributed by atoms with Gasteiger partial charge in [-0.05, 0) is 32.7 Å². The summed E-state index contributed by atoms with van der Waals surface area (Å²) in [6.45, 7) is 3.70. The highest BCUT2D eigenvalue weighted by Gasteiger charge is 2.24. The average Bonchev–Trinajstić information content (AvgIpc) is 3.64. The summed E-state index contributed by atoms with van der Waals surface area (Å²) in [6.07, 6.45) is 7.94. The Hall–Kier alpha value is -4.68. The van der Waals surface area contributed by atoms with Gasteiger partial charge in [-0.15, -0.1) is 0 Å². The molecular formula is C34H30N4O2. The molecule has 0 spiro atoms. The number of hydrogen-bond donors (Lipinski definition) is 0. The van der Waals surface area contributed by atoms with Crippen molar-refractivity contribution in [1.82, 2.24) is 19.0 Å². The predicted octanol–water partition coefficient (Wildman–Crippen LogP) is 6.23. The van der Waals surface area contributed by atoms with Crippen molar-refractivity contribution in [3.05, 3.63) is 127 Å². The number of hydrogen-bond acceptors (Lipinski definition) is 3. The fraction of sp³-hybridized carbons (Fsp3) is 0.176. The lowest BCUT2D eigenvalue weighted by Crippen LogP contribution is -2.40. The summed E-state index contributed by atoms with van der Waals surface area (Å²) in [7, 11) is 0. The molecule has 0 bridgehead atoms. The number of rotatable bonds is 6. The molecule has 0 unspecified atom stereocenters. The summed E-state index contributed by atoms with van der Waals surface area (Å²) in [5.41, 5.74) is 5.08. The van der Waals surface area contributed by atoms with Gasteiger partial charge in [0, 0.05) is 43.8 Å². The zero-order chi connectivity index (χ0) is 26.9. The molecule has 1 aliphatic heterocycles. The molecule has 0 atom stereocenters. The first-order valence-electron chi connectivity index (χ1n) is 13.8. The molecule has 1 fully saturated rings. The summed E-state index contributed by atoms with van der Waals surface area (Å²) >= 11 is 0. The van der Waals surface area contributed by atoms with E-state index in [0.29, 0.717) is 32.8 Å². The molecule has 6 heteroatoms. The van der Waals surface area contributed by atoms with Crippen LogP contribution in [0.3, 0.4) is 0 Å². The van der Waals surface area contributed by atoms with Gasteiger partial charge in [0.05, 0.1) is 37.3 Å². The molecule has 198 valence electrons. The van der Waals surface area contributed by atoms with E-state index in [-0.39, 0.29) is 5.91 Å². The molecule has 1 saturated heterocycles. The quantitative estimate of drug-likeness (QED) is 0.259. The second kappa shape index (κ2) is 10.5. The fourth-order valence-electron chi connectivity index (χ4n) is 5.80. The second-order valence-corrected chi connectivity index (χ2v) is 10.3. The number of carbonyl (C=O) groups is 1. The van der Waals surface area contributed by atoms with Gasteiger partial charge >= 0.3 is 0 Å². The number of nitrogens with zero attached hydrogens (tertiary/aromatic N) is 4. The van der Waals surface area contributed by atoms with Gasteiger partial charge in [0.1, 0.15) is 0 Å². The maximum Gasteiger partial charge on any atom is 0.256 e. The highest BCUT2D eigenvalue weighted by Crippen LogP contribution is 2.33. The third kappa shape index (κ3) is 4.56. The van der Waals surface area contributed by atoms with Gasteiger partial charge in [0.25, 0.3) is 5.91 Å². The lowest BCUT2D eigenvalue weighted by Gasteiger charge is -2.27. The molecule has 0 aliphatic carbocycles. The number of aromatic nitrogens is 3. The Labute approximate surface area is 233 Å². The monoisotopic (exact) mass is 526 g/mol. The molecule has 40 heavy (non-hydrogen) atoms. The molecule has 6 aromatic rings. The van der Waals surface area contributed by atoms with Crippen LogP contribution in [0.15, 0.2) is 110 Å². The van der Waals surface area contributed by atoms with Gasteiger partial charge in [-0.2, -0.15) is 0 Å². The van der Waals surface area contributed by atoms with Crippen LogP contribution < -0.4 is 0 Å². The molecule has 6 nitrogen and oxygen atoms in total. The first kappa shape index (κ1) is 24.4. The van der Waals surface area contributed by atoms with E-state index < -0.39 is 0 Å². The van der Waals surface area contributed by atoms with Gasteiger partial charge in [0.15, 0.2) is 0 Å². The van der Waals surface area contributed by atoms with E-state index in [1.54, 1.807) is 0 Å². The molecule has 1 aliphatic rings. The summed E-state index contributed by atoms with van der Waals surface area (Å²) < 4.78 is 9.84. The summed E-state index contributed by atoms with van der Waals surface area (Å²) in [5.74, 6) is 0.0502. The molecule has 0 N–H and O–H groups in total. The van der Waals surface area contributed by atoms with Crippen molar-refractivity contribution in [1.29, 1.82) is 0 Å². The SMILES string of the molecule is O=C(c1cn(Cc2cncn2Cc2cccc3ccccc23)cc1-c1cccc2ccccc12)N1CCOCC1. The van der Waals surface area contributed by atoms with E-state index in [1.165, 1.54) is 16.3 Å². The van der Waals surface area contributed by atoms with Crippen LogP contribution in [-0.4, -0.2) is 51.2 Å². The van der Waals surface area contributed by atoms with Crippen LogP contribution in [0.1, 0.15) is 21.6 Å². The van der Waals surface area contributed by atoms with Crippen molar-refractivity contribution in [3.63, 3.8) is 0 Å². The van der Waals surface area contributed by atoms with Crippen molar-refractivity contribution >= 4 is 27.5 Å². The first-order valence-corrected chi connectivity index (χ1v) is 13.8. The third-order valence-corrected chi connectivity index (χ3v) is 7.85. The summed E-state index contributed by atoms with van der Waals surface area (Å²) in [4.78, 5) is 20.2. The molecule has 1 amide bonds. The zero-order valence-corrected chi connectivity index (χ0v) is 22.2. The van der Waals surface area contributed by atoms with Crippen molar-refractivity contribution in [2.45, 2.75) is 13.1 Å². The zero-order valence-electron chi connectivity index (χ0n) is 22.2. The Morgan fingerprint density at radius 1 is 0.750 bits per heavy atom. The van der Waals surface area contributed by atoms with E-state index in [9.17, 15) is 4.79 Å². The first-order chi connectivity index (χ1) is 19.7. The minimum atomic E-state index is 0.0502. The minimum Gasteiger partial charge on any atom is -0.378 e. The molecule has 7 rings (SSSR count). The standard InChI is InChI=1S/C34H30N4O2/c39-34(37-15-17-40-18-16-37)33-23-36(22-32(33)31-14-6-10-26-8-2-4-13-30(26)31)21-28-19-35-24-38(28)20-27-11-5-9-25-7-1-3-12-29(25)27/h1-14,19,22-24H,15-18,20-21H2. The highest BCUT2D eigenvalue weighted by molar-refractivity contribution is 6.06. The molecule has 4 aromatic carbocycles. The van der Waals surface area contributed by atoms with E-state index in [4.69, 9.17) is 4.74 Å². The Morgan fingerprint density at radius 2 is 1.45 bits per heavy atom. The summed E-state index contributed by atoms with van der Waals surface area (Å²) in [6, 6.07) is 29.6. The van der Waals surface area contributed by atoms with Crippen LogP contribution >= 0.6 is 0 Å². The normalized spacial score (nSPS) is 13.8. The smallest absolute Gasteiger partial charge is 0.256 e. The van der Waals surface area contributed by atoms with Gasteiger partial charge < -0.3 is 18.8 Å². The minimum absolute atomic E-state index is 0.0502. The van der Waals surface area contributed by atoms with Crippen LogP contribution in [0.4, 0.5) is 0 Å². The number of amides is 1. The Morgan fingerprint density at radius 3 is 2.27 bits per heavy atom. The molecule has 0 saturated carbocycles. The Kier molecular flexibility index (Phi) is 6.38. The molecular weight excluding hydrogens is 496 g/mol. The number of ether oxygens (including phenoxy) is 1. The Balaban J connectivity index is 1.26. The summed E-state index contributed by atoms with van der Waals surface area (Å²) in [5, 5.41) is 4.78. The van der Waals surface area contributed by atoms with E-state index in [1.807, 2.05) is 29.7 Å². The number of imidazole rings is 1. The van der Waals surface area contributed by atoms with Crippen molar-refractivity contribution in [3.8, 4) is 11.1 Å². The number of fused-ring (bicyclic) bond motifs is 2. The van der Waals surface area contributed by atoms with Gasteiger partial charge in [-0.25, -0.2) is 4.98 Å². The fourth-order valence-corrected chi connectivity index (χ4v) is 5.80. The second-order valence-electron chi connectivity index (χ2n) is 10.3. The van der Waals surface area contributed by atoms with Gasteiger partial charge in [-0.3, -0.25) is 4.79 Å². The van der Waals surface area contributed by atoms with Crippen molar-refractivity contribution in [2.75, 3.05) is 26.3 Å². The maximum atomic E-state index is 13.8. The van der Waals surface area contributed by atoms with Gasteiger partial charge in [-0.1, -0.05) is 84.9 Å².